The number of anilines is 1. The molecule has 2 N–H and O–H groups in total. The van der Waals surface area contributed by atoms with E-state index >= 15 is 0 Å². The van der Waals surface area contributed by atoms with Crippen LogP contribution in [-0.4, -0.2) is 37.1 Å². The number of carbonyl (C=O) groups excluding carboxylic acids is 1. The highest BCUT2D eigenvalue weighted by molar-refractivity contribution is 5.99. The summed E-state index contributed by atoms with van der Waals surface area (Å²) < 4.78 is 18.6. The number of nitrogens with zero attached hydrogens (tertiary/aromatic N) is 1. The van der Waals surface area contributed by atoms with Gasteiger partial charge in [0.05, 0.1) is 28.8 Å². The zero-order chi connectivity index (χ0) is 16.2. The van der Waals surface area contributed by atoms with Gasteiger partial charge < -0.3 is 15.4 Å². The number of hydrogen-bond acceptors (Lipinski definition) is 5. The molecule has 0 aromatic heterocycles. The second-order valence-electron chi connectivity index (χ2n) is 5.13. The summed E-state index contributed by atoms with van der Waals surface area (Å²) in [6.07, 6.45) is 0. The Labute approximate surface area is 121 Å². The second-order valence-corrected chi connectivity index (χ2v) is 5.13. The van der Waals surface area contributed by atoms with Crippen molar-refractivity contribution < 1.29 is 18.8 Å². The molecule has 116 valence electrons. The Balaban J connectivity index is 3.21. The van der Waals surface area contributed by atoms with Crippen LogP contribution in [-0.2, 0) is 4.74 Å². The van der Waals surface area contributed by atoms with E-state index < -0.39 is 27.9 Å². The minimum absolute atomic E-state index is 0.00953. The Kier molecular flexibility index (Phi) is 5.20. The van der Waals surface area contributed by atoms with Crippen molar-refractivity contribution in [3.05, 3.63) is 33.6 Å². The molecule has 0 saturated heterocycles. The number of rotatable bonds is 6. The number of nitro groups is 1. The normalized spacial score (nSPS) is 11.1. The third-order valence-corrected chi connectivity index (χ3v) is 2.75. The molecule has 0 fully saturated rings. The van der Waals surface area contributed by atoms with Crippen LogP contribution in [0.3, 0.4) is 0 Å². The van der Waals surface area contributed by atoms with Crippen LogP contribution in [0.5, 0.6) is 0 Å². The first-order valence-corrected chi connectivity index (χ1v) is 6.19. The van der Waals surface area contributed by atoms with Crippen molar-refractivity contribution in [2.24, 2.45) is 0 Å². The molecule has 0 atom stereocenters. The lowest BCUT2D eigenvalue weighted by molar-refractivity contribution is -0.385. The van der Waals surface area contributed by atoms with Crippen LogP contribution in [0.25, 0.3) is 0 Å². The Bertz CT molecular complexity index is 561. The van der Waals surface area contributed by atoms with Gasteiger partial charge in [-0.3, -0.25) is 14.9 Å². The molecule has 0 radical (unpaired) electrons. The predicted octanol–water partition coefficient (Wildman–Crippen LogP) is 1.93. The van der Waals surface area contributed by atoms with Gasteiger partial charge in [0.25, 0.3) is 11.6 Å². The largest absolute Gasteiger partial charge is 0.386 e. The first kappa shape index (κ1) is 16.8. The summed E-state index contributed by atoms with van der Waals surface area (Å²) in [5, 5.41) is 16.1. The van der Waals surface area contributed by atoms with E-state index in [4.69, 9.17) is 4.74 Å². The van der Waals surface area contributed by atoms with Crippen LogP contribution in [0.15, 0.2) is 12.1 Å². The minimum Gasteiger partial charge on any atom is -0.386 e. The molecule has 0 aliphatic heterocycles. The molecule has 1 rings (SSSR count). The van der Waals surface area contributed by atoms with Crippen molar-refractivity contribution in [2.75, 3.05) is 26.1 Å². The summed E-state index contributed by atoms with van der Waals surface area (Å²) in [6.45, 7) is 3.65. The Morgan fingerprint density at radius 2 is 2.10 bits per heavy atom. The van der Waals surface area contributed by atoms with Gasteiger partial charge in [0, 0.05) is 14.2 Å². The van der Waals surface area contributed by atoms with E-state index in [1.165, 1.54) is 14.2 Å². The number of methoxy groups -OCH3 is 1. The smallest absolute Gasteiger partial charge is 0.285 e. The van der Waals surface area contributed by atoms with E-state index in [1.54, 1.807) is 13.8 Å². The Morgan fingerprint density at radius 3 is 2.57 bits per heavy atom. The number of nitrogens with one attached hydrogen (secondary N) is 2. The summed E-state index contributed by atoms with van der Waals surface area (Å²) in [4.78, 5) is 22.4. The Morgan fingerprint density at radius 1 is 1.48 bits per heavy atom. The fourth-order valence-electron chi connectivity index (χ4n) is 1.86. The molecule has 0 heterocycles. The Hall–Kier alpha value is -2.22. The maximum atomic E-state index is 13.6. The van der Waals surface area contributed by atoms with Crippen LogP contribution >= 0.6 is 0 Å². The van der Waals surface area contributed by atoms with Gasteiger partial charge in [-0.05, 0) is 19.9 Å². The van der Waals surface area contributed by atoms with E-state index in [0.29, 0.717) is 0 Å². The number of halogens is 1. The van der Waals surface area contributed by atoms with Gasteiger partial charge in [0.1, 0.15) is 5.56 Å². The molecule has 1 aromatic rings. The maximum absolute atomic E-state index is 13.6. The predicted molar refractivity (Wildman–Crippen MR) is 76.0 cm³/mol. The summed E-state index contributed by atoms with van der Waals surface area (Å²) in [7, 11) is 2.94. The van der Waals surface area contributed by atoms with Crippen LogP contribution < -0.4 is 10.6 Å². The first-order chi connectivity index (χ1) is 9.71. The number of benzene rings is 1. The number of amides is 1. The average Bonchev–Trinajstić information content (AvgIpc) is 2.37. The number of carbonyl (C=O) groups is 1. The van der Waals surface area contributed by atoms with Gasteiger partial charge in [-0.2, -0.15) is 0 Å². The van der Waals surface area contributed by atoms with E-state index in [0.717, 1.165) is 12.1 Å². The number of hydrogen-bond donors (Lipinski definition) is 2. The zero-order valence-corrected chi connectivity index (χ0v) is 12.3. The molecule has 0 aliphatic rings. The average molecular weight is 299 g/mol. The van der Waals surface area contributed by atoms with E-state index in [1.807, 2.05) is 0 Å². The summed E-state index contributed by atoms with van der Waals surface area (Å²) in [5.74, 6) is -1.46. The number of nitro benzene ring substituents is 1. The monoisotopic (exact) mass is 299 g/mol. The van der Waals surface area contributed by atoms with Crippen molar-refractivity contribution in [2.45, 2.75) is 19.4 Å². The molecule has 0 unspecified atom stereocenters. The highest BCUT2D eigenvalue weighted by atomic mass is 19.1. The molecule has 0 aliphatic carbocycles. The van der Waals surface area contributed by atoms with Gasteiger partial charge in [-0.1, -0.05) is 0 Å². The third kappa shape index (κ3) is 4.12. The highest BCUT2D eigenvalue weighted by Gasteiger charge is 2.27. The molecule has 0 saturated carbocycles. The molecule has 8 heteroatoms. The summed E-state index contributed by atoms with van der Waals surface area (Å²) >= 11 is 0. The van der Waals surface area contributed by atoms with Crippen molar-refractivity contribution >= 4 is 17.3 Å². The topological polar surface area (TPSA) is 93.5 Å². The first-order valence-electron chi connectivity index (χ1n) is 6.19. The molecule has 1 aromatic carbocycles. The van der Waals surface area contributed by atoms with Crippen molar-refractivity contribution in [1.29, 1.82) is 0 Å². The molecule has 7 nitrogen and oxygen atoms in total. The van der Waals surface area contributed by atoms with Crippen LogP contribution in [0.2, 0.25) is 0 Å². The summed E-state index contributed by atoms with van der Waals surface area (Å²) in [6, 6.07) is 1.84. The third-order valence-electron chi connectivity index (χ3n) is 2.75. The second kappa shape index (κ2) is 6.49. The number of ether oxygens (including phenoxy) is 1. The molecular formula is C13H18FN3O4. The van der Waals surface area contributed by atoms with Crippen molar-refractivity contribution in [3.8, 4) is 0 Å². The fourth-order valence-corrected chi connectivity index (χ4v) is 1.86. The van der Waals surface area contributed by atoms with Gasteiger partial charge in [0.15, 0.2) is 5.82 Å². The van der Waals surface area contributed by atoms with E-state index in [9.17, 15) is 19.3 Å². The van der Waals surface area contributed by atoms with Gasteiger partial charge in [-0.25, -0.2) is 4.39 Å². The van der Waals surface area contributed by atoms with Gasteiger partial charge in [0.2, 0.25) is 0 Å². The summed E-state index contributed by atoms with van der Waals surface area (Å²) in [5.41, 5.74) is -1.50. The van der Waals surface area contributed by atoms with E-state index in [-0.39, 0.29) is 17.9 Å². The molecular weight excluding hydrogens is 281 g/mol. The lowest BCUT2D eigenvalue weighted by Crippen LogP contribution is -2.46. The SMILES string of the molecule is CNc1cc(C(=O)NC(C)(C)COC)c([N+](=O)[O-])cc1F. The van der Waals surface area contributed by atoms with Gasteiger partial charge in [-0.15, -0.1) is 0 Å². The molecule has 0 bridgehead atoms. The highest BCUT2D eigenvalue weighted by Crippen LogP contribution is 2.26. The molecule has 1 amide bonds. The standard InChI is InChI=1S/C13H18FN3O4/c1-13(2,7-21-4)16-12(18)8-5-10(15-3)9(14)6-11(8)17(19)20/h5-6,15H,7H2,1-4H3,(H,16,18). The van der Waals surface area contributed by atoms with Crippen LogP contribution in [0.4, 0.5) is 15.8 Å². The minimum atomic E-state index is -0.795. The zero-order valence-electron chi connectivity index (χ0n) is 12.3. The van der Waals surface area contributed by atoms with Crippen molar-refractivity contribution in [3.63, 3.8) is 0 Å². The molecule has 21 heavy (non-hydrogen) atoms. The lowest BCUT2D eigenvalue weighted by atomic mass is 10.0. The quantitative estimate of drug-likeness (QED) is 0.618. The van der Waals surface area contributed by atoms with Crippen LogP contribution in [0, 0.1) is 15.9 Å². The maximum Gasteiger partial charge on any atom is 0.285 e. The fraction of sp³-hybridized carbons (Fsp3) is 0.462. The molecule has 0 spiro atoms. The van der Waals surface area contributed by atoms with Crippen molar-refractivity contribution in [1.82, 2.24) is 5.32 Å². The van der Waals surface area contributed by atoms with Gasteiger partial charge >= 0.3 is 0 Å². The van der Waals surface area contributed by atoms with Crippen LogP contribution in [0.1, 0.15) is 24.2 Å². The van der Waals surface area contributed by atoms with E-state index in [2.05, 4.69) is 10.6 Å². The lowest BCUT2D eigenvalue weighted by Gasteiger charge is -2.25.